The van der Waals surface area contributed by atoms with E-state index in [1.54, 1.807) is 12.1 Å². The summed E-state index contributed by atoms with van der Waals surface area (Å²) in [5.41, 5.74) is 13.6. The molecule has 3 N–H and O–H groups in total. The third-order valence-electron chi connectivity index (χ3n) is 5.87. The molecule has 0 bridgehead atoms. The molecule has 0 fully saturated rings. The molecule has 31 heavy (non-hydrogen) atoms. The van der Waals surface area contributed by atoms with E-state index in [9.17, 15) is 9.90 Å². The van der Waals surface area contributed by atoms with E-state index in [4.69, 9.17) is 5.73 Å². The monoisotopic (exact) mass is 410 g/mol. The molecule has 1 heterocycles. The first-order chi connectivity index (χ1) is 15.0. The van der Waals surface area contributed by atoms with Gasteiger partial charge in [0.1, 0.15) is 5.75 Å². The third-order valence-corrected chi connectivity index (χ3v) is 5.87. The first kappa shape index (κ1) is 20.5. The van der Waals surface area contributed by atoms with Crippen LogP contribution >= 0.6 is 0 Å². The van der Waals surface area contributed by atoms with E-state index in [-0.39, 0.29) is 5.75 Å². The van der Waals surface area contributed by atoms with Crippen LogP contribution < -0.4 is 5.73 Å². The standard InChI is InChI=1S/C27H26N2O2/c1-18-25(23-12-10-22(11-13-23)21-6-4-3-5-7-21)26(27(28)31)19(2)29(18)17-16-20-8-14-24(30)15-9-20/h3-15,30H,16-17H2,1-2H3,(H2,28,31). The molecule has 156 valence electrons. The van der Waals surface area contributed by atoms with Crippen LogP contribution in [0.5, 0.6) is 5.75 Å². The number of aromatic nitrogens is 1. The zero-order chi connectivity index (χ0) is 22.0. The number of aryl methyl sites for hydroxylation is 1. The second-order valence-corrected chi connectivity index (χ2v) is 7.80. The summed E-state index contributed by atoms with van der Waals surface area (Å²) >= 11 is 0. The Kier molecular flexibility index (Phi) is 5.63. The number of phenolic OH excluding ortho intramolecular Hbond substituents is 1. The minimum atomic E-state index is -0.411. The van der Waals surface area contributed by atoms with Gasteiger partial charge in [0.25, 0.3) is 5.91 Å². The topological polar surface area (TPSA) is 68.2 Å². The maximum Gasteiger partial charge on any atom is 0.251 e. The molecule has 0 spiro atoms. The molecule has 4 rings (SSSR count). The van der Waals surface area contributed by atoms with E-state index in [0.717, 1.165) is 52.2 Å². The van der Waals surface area contributed by atoms with Crippen molar-refractivity contribution in [3.63, 3.8) is 0 Å². The van der Waals surface area contributed by atoms with E-state index in [2.05, 4.69) is 41.0 Å². The molecular formula is C27H26N2O2. The maximum atomic E-state index is 12.4. The zero-order valence-electron chi connectivity index (χ0n) is 17.8. The molecule has 0 aliphatic carbocycles. The van der Waals surface area contributed by atoms with Crippen molar-refractivity contribution in [1.29, 1.82) is 0 Å². The number of rotatable bonds is 6. The van der Waals surface area contributed by atoms with Gasteiger partial charge < -0.3 is 15.4 Å². The summed E-state index contributed by atoms with van der Waals surface area (Å²) in [6, 6.07) is 25.7. The lowest BCUT2D eigenvalue weighted by atomic mass is 9.97. The van der Waals surface area contributed by atoms with Gasteiger partial charge in [0, 0.05) is 23.5 Å². The summed E-state index contributed by atoms with van der Waals surface area (Å²) < 4.78 is 2.16. The van der Waals surface area contributed by atoms with Gasteiger partial charge in [0.2, 0.25) is 0 Å². The number of aromatic hydroxyl groups is 1. The van der Waals surface area contributed by atoms with Gasteiger partial charge in [-0.2, -0.15) is 0 Å². The Hall–Kier alpha value is -3.79. The van der Waals surface area contributed by atoms with Gasteiger partial charge >= 0.3 is 0 Å². The molecule has 4 nitrogen and oxygen atoms in total. The fourth-order valence-corrected chi connectivity index (χ4v) is 4.24. The minimum Gasteiger partial charge on any atom is -0.508 e. The first-order valence-corrected chi connectivity index (χ1v) is 10.4. The van der Waals surface area contributed by atoms with Crippen LogP contribution in [0.15, 0.2) is 78.9 Å². The number of carbonyl (C=O) groups is 1. The lowest BCUT2D eigenvalue weighted by Crippen LogP contribution is -2.13. The van der Waals surface area contributed by atoms with Gasteiger partial charge in [0.05, 0.1) is 5.56 Å². The average Bonchev–Trinajstić information content (AvgIpc) is 3.04. The van der Waals surface area contributed by atoms with Crippen LogP contribution in [-0.4, -0.2) is 15.6 Å². The van der Waals surface area contributed by atoms with Crippen LogP contribution in [0.4, 0.5) is 0 Å². The molecule has 0 atom stereocenters. The fourth-order valence-electron chi connectivity index (χ4n) is 4.24. The first-order valence-electron chi connectivity index (χ1n) is 10.4. The second kappa shape index (κ2) is 8.52. The van der Waals surface area contributed by atoms with Crippen LogP contribution in [0, 0.1) is 13.8 Å². The van der Waals surface area contributed by atoms with Gasteiger partial charge in [-0.1, -0.05) is 66.7 Å². The second-order valence-electron chi connectivity index (χ2n) is 7.80. The molecule has 4 aromatic rings. The van der Waals surface area contributed by atoms with E-state index in [1.165, 1.54) is 0 Å². The van der Waals surface area contributed by atoms with Crippen LogP contribution in [0.1, 0.15) is 27.3 Å². The summed E-state index contributed by atoms with van der Waals surface area (Å²) in [5.74, 6) is -0.152. The molecule has 0 aliphatic heterocycles. The van der Waals surface area contributed by atoms with Crippen LogP contribution in [0.3, 0.4) is 0 Å². The van der Waals surface area contributed by atoms with E-state index >= 15 is 0 Å². The molecule has 0 saturated carbocycles. The quantitative estimate of drug-likeness (QED) is 0.441. The van der Waals surface area contributed by atoms with Crippen molar-refractivity contribution in [2.45, 2.75) is 26.8 Å². The molecular weight excluding hydrogens is 384 g/mol. The summed E-state index contributed by atoms with van der Waals surface area (Å²) in [5, 5.41) is 9.49. The number of benzene rings is 3. The number of amides is 1. The molecule has 4 heteroatoms. The highest BCUT2D eigenvalue weighted by molar-refractivity contribution is 6.02. The van der Waals surface area contributed by atoms with E-state index in [1.807, 2.05) is 44.2 Å². The fraction of sp³-hybridized carbons (Fsp3) is 0.148. The van der Waals surface area contributed by atoms with Crippen molar-refractivity contribution < 1.29 is 9.90 Å². The van der Waals surface area contributed by atoms with Crippen molar-refractivity contribution in [3.05, 3.63) is 101 Å². The summed E-state index contributed by atoms with van der Waals surface area (Å²) in [6.45, 7) is 4.72. The molecule has 0 saturated heterocycles. The highest BCUT2D eigenvalue weighted by Gasteiger charge is 2.22. The minimum absolute atomic E-state index is 0.259. The number of hydrogen-bond donors (Lipinski definition) is 2. The van der Waals surface area contributed by atoms with Gasteiger partial charge in [-0.25, -0.2) is 0 Å². The number of hydrogen-bond acceptors (Lipinski definition) is 2. The summed E-state index contributed by atoms with van der Waals surface area (Å²) in [4.78, 5) is 12.4. The molecule has 1 aromatic heterocycles. The Morgan fingerprint density at radius 2 is 1.39 bits per heavy atom. The van der Waals surface area contributed by atoms with E-state index in [0.29, 0.717) is 5.56 Å². The number of phenols is 1. The third kappa shape index (κ3) is 4.10. The Balaban J connectivity index is 1.69. The van der Waals surface area contributed by atoms with Crippen LogP contribution in [0.25, 0.3) is 22.3 Å². The van der Waals surface area contributed by atoms with Gasteiger partial charge in [0.15, 0.2) is 0 Å². The molecule has 0 aliphatic rings. The molecule has 0 unspecified atom stereocenters. The Morgan fingerprint density at radius 3 is 2.00 bits per heavy atom. The highest BCUT2D eigenvalue weighted by atomic mass is 16.3. The Morgan fingerprint density at radius 1 is 0.806 bits per heavy atom. The number of carbonyl (C=O) groups excluding carboxylic acids is 1. The number of primary amides is 1. The zero-order valence-corrected chi connectivity index (χ0v) is 17.8. The predicted molar refractivity (Wildman–Crippen MR) is 125 cm³/mol. The van der Waals surface area contributed by atoms with Gasteiger partial charge in [-0.15, -0.1) is 0 Å². The Labute approximate surface area is 182 Å². The molecule has 3 aromatic carbocycles. The SMILES string of the molecule is Cc1c(C(N)=O)c(-c2ccc(-c3ccccc3)cc2)c(C)n1CCc1ccc(O)cc1. The van der Waals surface area contributed by atoms with Gasteiger partial charge in [-0.05, 0) is 54.7 Å². The lowest BCUT2D eigenvalue weighted by Gasteiger charge is -2.10. The maximum absolute atomic E-state index is 12.4. The van der Waals surface area contributed by atoms with Crippen LogP contribution in [-0.2, 0) is 13.0 Å². The smallest absolute Gasteiger partial charge is 0.251 e. The van der Waals surface area contributed by atoms with Crippen molar-refractivity contribution >= 4 is 5.91 Å². The van der Waals surface area contributed by atoms with Crippen molar-refractivity contribution in [1.82, 2.24) is 4.57 Å². The lowest BCUT2D eigenvalue weighted by molar-refractivity contribution is 0.1000. The molecule has 1 amide bonds. The average molecular weight is 411 g/mol. The predicted octanol–water partition coefficient (Wildman–Crippen LogP) is 5.49. The van der Waals surface area contributed by atoms with Crippen molar-refractivity contribution in [3.8, 4) is 28.0 Å². The normalized spacial score (nSPS) is 10.9. The summed E-state index contributed by atoms with van der Waals surface area (Å²) in [7, 11) is 0. The largest absolute Gasteiger partial charge is 0.508 e. The highest BCUT2D eigenvalue weighted by Crippen LogP contribution is 2.34. The van der Waals surface area contributed by atoms with Crippen molar-refractivity contribution in [2.75, 3.05) is 0 Å². The molecule has 0 radical (unpaired) electrons. The number of nitrogens with zero attached hydrogens (tertiary/aromatic N) is 1. The Bertz CT molecular complexity index is 1210. The van der Waals surface area contributed by atoms with E-state index < -0.39 is 5.91 Å². The van der Waals surface area contributed by atoms with Gasteiger partial charge in [-0.3, -0.25) is 4.79 Å². The van der Waals surface area contributed by atoms with Crippen molar-refractivity contribution in [2.24, 2.45) is 5.73 Å². The summed E-state index contributed by atoms with van der Waals surface area (Å²) in [6.07, 6.45) is 0.793. The van der Waals surface area contributed by atoms with Crippen LogP contribution in [0.2, 0.25) is 0 Å². The number of nitrogens with two attached hydrogens (primary N) is 1.